The molecule has 1 heterocycles. The van der Waals surface area contributed by atoms with Crippen LogP contribution in [0.1, 0.15) is 11.1 Å². The summed E-state index contributed by atoms with van der Waals surface area (Å²) in [7, 11) is -3.83. The summed E-state index contributed by atoms with van der Waals surface area (Å²) >= 11 is 7.31. The van der Waals surface area contributed by atoms with Crippen LogP contribution in [0.2, 0.25) is 5.02 Å². The average molecular weight is 397 g/mol. The molecule has 0 amide bonds. The molecule has 3 aromatic rings. The molecular weight excluding hydrogens is 383 g/mol. The van der Waals surface area contributed by atoms with Crippen LogP contribution in [-0.4, -0.2) is 13.4 Å². The number of hydrogen-bond donors (Lipinski definition) is 1. The molecule has 2 aromatic carbocycles. The van der Waals surface area contributed by atoms with E-state index in [0.29, 0.717) is 21.2 Å². The number of benzene rings is 2. The van der Waals surface area contributed by atoms with E-state index >= 15 is 0 Å². The highest BCUT2D eigenvalue weighted by atomic mass is 35.5. The third-order valence-electron chi connectivity index (χ3n) is 3.63. The number of hydrogen-bond acceptors (Lipinski definition) is 4. The molecule has 0 saturated carbocycles. The van der Waals surface area contributed by atoms with E-state index in [1.165, 1.54) is 35.6 Å². The van der Waals surface area contributed by atoms with Crippen molar-refractivity contribution in [1.29, 1.82) is 0 Å². The highest BCUT2D eigenvalue weighted by Gasteiger charge is 2.19. The van der Waals surface area contributed by atoms with Gasteiger partial charge >= 0.3 is 0 Å². The van der Waals surface area contributed by atoms with Gasteiger partial charge < -0.3 is 0 Å². The molecule has 0 bridgehead atoms. The number of aryl methyl sites for hydroxylation is 2. The summed E-state index contributed by atoms with van der Waals surface area (Å²) in [5.41, 5.74) is 1.71. The molecule has 0 aliphatic rings. The lowest BCUT2D eigenvalue weighted by molar-refractivity contribution is 0.600. The van der Waals surface area contributed by atoms with Gasteiger partial charge in [0.2, 0.25) is 0 Å². The zero-order chi connectivity index (χ0) is 18.2. The highest BCUT2D eigenvalue weighted by molar-refractivity contribution is 7.92. The maximum absolute atomic E-state index is 14.0. The molecule has 0 fully saturated rings. The van der Waals surface area contributed by atoms with Gasteiger partial charge in [-0.1, -0.05) is 11.6 Å². The van der Waals surface area contributed by atoms with Gasteiger partial charge in [0.1, 0.15) is 10.8 Å². The summed E-state index contributed by atoms with van der Waals surface area (Å²) in [6.45, 7) is 3.41. The normalized spacial score (nSPS) is 11.5. The smallest absolute Gasteiger partial charge is 0.262 e. The zero-order valence-electron chi connectivity index (χ0n) is 13.4. The summed E-state index contributed by atoms with van der Waals surface area (Å²) in [6.07, 6.45) is 1.57. The maximum Gasteiger partial charge on any atom is 0.262 e. The summed E-state index contributed by atoms with van der Waals surface area (Å²) < 4.78 is 41.9. The van der Waals surface area contributed by atoms with Crippen molar-refractivity contribution in [1.82, 2.24) is 4.98 Å². The lowest BCUT2D eigenvalue weighted by atomic mass is 10.2. The van der Waals surface area contributed by atoms with Gasteiger partial charge in [-0.15, -0.1) is 11.3 Å². The SMILES string of the molecule is Cc1cc(S(=O)(=O)Nc2ccc(F)c(-c3nccs3)c2)c(C)cc1Cl. The van der Waals surface area contributed by atoms with Crippen molar-refractivity contribution in [2.75, 3.05) is 4.72 Å². The molecule has 1 aromatic heterocycles. The minimum absolute atomic E-state index is 0.134. The van der Waals surface area contributed by atoms with Crippen molar-refractivity contribution in [2.24, 2.45) is 0 Å². The Kier molecular flexibility index (Phi) is 4.81. The van der Waals surface area contributed by atoms with Gasteiger partial charge in [-0.2, -0.15) is 0 Å². The Hall–Kier alpha value is -1.96. The van der Waals surface area contributed by atoms with Gasteiger partial charge in [0.05, 0.1) is 4.90 Å². The Morgan fingerprint density at radius 2 is 1.92 bits per heavy atom. The van der Waals surface area contributed by atoms with Crippen molar-refractivity contribution >= 4 is 38.6 Å². The predicted molar refractivity (Wildman–Crippen MR) is 99.2 cm³/mol. The third-order valence-corrected chi connectivity index (χ3v) is 6.36. The van der Waals surface area contributed by atoms with Crippen molar-refractivity contribution in [3.8, 4) is 10.6 Å². The first-order valence-electron chi connectivity index (χ1n) is 7.27. The topological polar surface area (TPSA) is 59.1 Å². The van der Waals surface area contributed by atoms with E-state index in [0.717, 1.165) is 0 Å². The standard InChI is InChI=1S/C17H14ClFN2O2S2/c1-10-8-16(11(2)7-14(10)18)25(22,23)21-12-3-4-15(19)13(9-12)17-20-5-6-24-17/h3-9,21H,1-2H3. The molecule has 4 nitrogen and oxygen atoms in total. The first kappa shape index (κ1) is 17.8. The van der Waals surface area contributed by atoms with E-state index in [2.05, 4.69) is 9.71 Å². The molecule has 0 aliphatic heterocycles. The number of nitrogens with zero attached hydrogens (tertiary/aromatic N) is 1. The second-order valence-corrected chi connectivity index (χ2v) is 8.46. The second kappa shape index (κ2) is 6.74. The van der Waals surface area contributed by atoms with Gasteiger partial charge in [-0.25, -0.2) is 17.8 Å². The van der Waals surface area contributed by atoms with E-state index < -0.39 is 15.8 Å². The number of sulfonamides is 1. The lowest BCUT2D eigenvalue weighted by Gasteiger charge is -2.13. The van der Waals surface area contributed by atoms with E-state index in [1.807, 2.05) is 0 Å². The molecular formula is C17H14ClFN2O2S2. The second-order valence-electron chi connectivity index (χ2n) is 5.50. The fourth-order valence-electron chi connectivity index (χ4n) is 2.36. The van der Waals surface area contributed by atoms with Crippen LogP contribution in [0.15, 0.2) is 46.8 Å². The number of anilines is 1. The Morgan fingerprint density at radius 1 is 1.16 bits per heavy atom. The molecule has 0 radical (unpaired) electrons. The Labute approximate surface area is 154 Å². The van der Waals surface area contributed by atoms with Crippen LogP contribution in [0, 0.1) is 19.7 Å². The van der Waals surface area contributed by atoms with Crippen molar-refractivity contribution < 1.29 is 12.8 Å². The van der Waals surface area contributed by atoms with Gasteiger partial charge in [-0.05, 0) is 55.3 Å². The van der Waals surface area contributed by atoms with Crippen LogP contribution in [0.3, 0.4) is 0 Å². The van der Waals surface area contributed by atoms with Crippen LogP contribution in [0.5, 0.6) is 0 Å². The minimum atomic E-state index is -3.83. The summed E-state index contributed by atoms with van der Waals surface area (Å²) in [5, 5.41) is 2.72. The van der Waals surface area contributed by atoms with Gasteiger partial charge in [0, 0.05) is 27.9 Å². The average Bonchev–Trinajstić information content (AvgIpc) is 3.06. The summed E-state index contributed by atoms with van der Waals surface area (Å²) in [4.78, 5) is 4.20. The van der Waals surface area contributed by atoms with Crippen LogP contribution < -0.4 is 4.72 Å². The summed E-state index contributed by atoms with van der Waals surface area (Å²) in [6, 6.07) is 7.16. The van der Waals surface area contributed by atoms with Gasteiger partial charge in [-0.3, -0.25) is 4.72 Å². The number of nitrogens with one attached hydrogen (secondary N) is 1. The largest absolute Gasteiger partial charge is 0.280 e. The van der Waals surface area contributed by atoms with E-state index in [1.54, 1.807) is 31.5 Å². The number of halogens is 2. The van der Waals surface area contributed by atoms with Gasteiger partial charge in [0.15, 0.2) is 0 Å². The molecule has 25 heavy (non-hydrogen) atoms. The van der Waals surface area contributed by atoms with E-state index in [-0.39, 0.29) is 16.1 Å². The van der Waals surface area contributed by atoms with E-state index in [4.69, 9.17) is 11.6 Å². The number of rotatable bonds is 4. The monoisotopic (exact) mass is 396 g/mol. The van der Waals surface area contributed by atoms with Crippen LogP contribution in [0.4, 0.5) is 10.1 Å². The number of aromatic nitrogens is 1. The molecule has 1 N–H and O–H groups in total. The van der Waals surface area contributed by atoms with Crippen molar-refractivity contribution in [3.63, 3.8) is 0 Å². The van der Waals surface area contributed by atoms with Crippen molar-refractivity contribution in [2.45, 2.75) is 18.7 Å². The van der Waals surface area contributed by atoms with E-state index in [9.17, 15) is 12.8 Å². The molecule has 3 rings (SSSR count). The van der Waals surface area contributed by atoms with Crippen LogP contribution in [-0.2, 0) is 10.0 Å². The number of thiazole rings is 1. The Morgan fingerprint density at radius 3 is 2.60 bits per heavy atom. The Balaban J connectivity index is 2.00. The molecule has 0 atom stereocenters. The molecule has 0 aliphatic carbocycles. The van der Waals surface area contributed by atoms with Crippen LogP contribution in [0.25, 0.3) is 10.6 Å². The lowest BCUT2D eigenvalue weighted by Crippen LogP contribution is -2.14. The molecule has 0 unspecified atom stereocenters. The zero-order valence-corrected chi connectivity index (χ0v) is 15.8. The molecule has 130 valence electrons. The molecule has 0 spiro atoms. The maximum atomic E-state index is 14.0. The van der Waals surface area contributed by atoms with Crippen LogP contribution >= 0.6 is 22.9 Å². The first-order chi connectivity index (χ1) is 11.8. The summed E-state index contributed by atoms with van der Waals surface area (Å²) in [5.74, 6) is -0.462. The quantitative estimate of drug-likeness (QED) is 0.673. The molecule has 0 saturated heterocycles. The van der Waals surface area contributed by atoms with Gasteiger partial charge in [0.25, 0.3) is 10.0 Å². The third kappa shape index (κ3) is 3.68. The molecule has 8 heteroatoms. The Bertz CT molecular complexity index is 1040. The first-order valence-corrected chi connectivity index (χ1v) is 10.0. The highest BCUT2D eigenvalue weighted by Crippen LogP contribution is 2.30. The fourth-order valence-corrected chi connectivity index (χ4v) is 4.60. The van der Waals surface area contributed by atoms with Crippen molar-refractivity contribution in [3.05, 3.63) is 63.9 Å². The predicted octanol–water partition coefficient (Wildman–Crippen LogP) is 5.02. The minimum Gasteiger partial charge on any atom is -0.280 e. The fraction of sp³-hybridized carbons (Fsp3) is 0.118.